The van der Waals surface area contributed by atoms with E-state index in [-0.39, 0.29) is 0 Å². The maximum Gasteiger partial charge on any atom is 0.318 e. The van der Waals surface area contributed by atoms with Crippen LogP contribution in [0.5, 0.6) is 0 Å². The Morgan fingerprint density at radius 1 is 1.26 bits per heavy atom. The van der Waals surface area contributed by atoms with Gasteiger partial charge in [0.15, 0.2) is 5.13 Å². The number of rotatable bonds is 6. The molecule has 172 valence electrons. The summed E-state index contributed by atoms with van der Waals surface area (Å²) in [4.78, 5) is 26.5. The Hall–Kier alpha value is -4.05. The molecule has 0 bridgehead atoms. The number of primary amides is 1. The van der Waals surface area contributed by atoms with Crippen LogP contribution in [0, 0.1) is 6.92 Å². The van der Waals surface area contributed by atoms with Crippen molar-refractivity contribution < 1.29 is 9.63 Å². The van der Waals surface area contributed by atoms with Crippen LogP contribution in [0.2, 0.25) is 0 Å². The summed E-state index contributed by atoms with van der Waals surface area (Å²) in [6.45, 7) is 4.38. The number of aryl methyl sites for hydroxylation is 2. The molecular formula is C24H23N7O2S. The molecule has 0 radical (unpaired) electrons. The second-order valence-corrected chi connectivity index (χ2v) is 8.80. The number of amides is 2. The first-order valence-electron chi connectivity index (χ1n) is 10.9. The number of thiazole rings is 1. The van der Waals surface area contributed by atoms with Crippen LogP contribution in [-0.4, -0.2) is 38.6 Å². The van der Waals surface area contributed by atoms with Crippen molar-refractivity contribution >= 4 is 28.7 Å². The molecule has 2 amide bonds. The zero-order valence-corrected chi connectivity index (χ0v) is 19.6. The third-order valence-corrected chi connectivity index (χ3v) is 6.49. The Morgan fingerprint density at radius 3 is 2.79 bits per heavy atom. The summed E-state index contributed by atoms with van der Waals surface area (Å²) in [5.74, 6) is 0. The van der Waals surface area contributed by atoms with Crippen molar-refractivity contribution in [2.24, 2.45) is 10.9 Å². The molecule has 0 atom stereocenters. The van der Waals surface area contributed by atoms with E-state index in [1.807, 2.05) is 61.1 Å². The molecule has 5 rings (SSSR count). The Bertz CT molecular complexity index is 1370. The van der Waals surface area contributed by atoms with Gasteiger partial charge >= 0.3 is 6.03 Å². The number of fused-ring (bicyclic) bond motifs is 3. The number of nitrogens with two attached hydrogens (primary N) is 1. The first kappa shape index (κ1) is 21.8. The summed E-state index contributed by atoms with van der Waals surface area (Å²) in [7, 11) is 0. The lowest BCUT2D eigenvalue weighted by Crippen LogP contribution is -2.19. The molecule has 0 saturated heterocycles. The molecule has 0 fully saturated rings. The van der Waals surface area contributed by atoms with Crippen molar-refractivity contribution in [1.82, 2.24) is 19.7 Å². The second-order valence-electron chi connectivity index (χ2n) is 7.80. The largest absolute Gasteiger partial charge is 0.396 e. The van der Waals surface area contributed by atoms with E-state index in [4.69, 9.17) is 15.7 Å². The minimum Gasteiger partial charge on any atom is -0.396 e. The highest BCUT2D eigenvalue weighted by Gasteiger charge is 2.30. The summed E-state index contributed by atoms with van der Waals surface area (Å²) in [5, 5.41) is 12.0. The highest BCUT2D eigenvalue weighted by molar-refractivity contribution is 7.19. The van der Waals surface area contributed by atoms with Gasteiger partial charge in [0, 0.05) is 23.0 Å². The number of urea groups is 1. The number of anilines is 1. The van der Waals surface area contributed by atoms with Crippen molar-refractivity contribution in [1.29, 1.82) is 0 Å². The van der Waals surface area contributed by atoms with Crippen LogP contribution < -0.4 is 11.1 Å². The van der Waals surface area contributed by atoms with Crippen LogP contribution in [0.4, 0.5) is 9.93 Å². The van der Waals surface area contributed by atoms with E-state index in [0.717, 1.165) is 62.9 Å². The molecule has 9 nitrogen and oxygen atoms in total. The van der Waals surface area contributed by atoms with Gasteiger partial charge in [-0.3, -0.25) is 10.3 Å². The minimum absolute atomic E-state index is 0.485. The molecule has 1 aliphatic rings. The standard InChI is InChI=1S/C24H23N7O2S/c1-3-33-27-12-15-5-8-17(9-6-15)31-21-18(20(30-31)16-7-4-14(2)26-13-16)10-11-19-22(21)34-24(28-19)29-23(25)32/h4-9,12-13H,3,10-11H2,1-2H3,(H3,25,28,29,32)/b27-12+. The molecule has 0 aliphatic heterocycles. The number of carbonyl (C=O) groups is 1. The highest BCUT2D eigenvalue weighted by atomic mass is 32.1. The van der Waals surface area contributed by atoms with Crippen LogP contribution in [0.1, 0.15) is 29.4 Å². The second kappa shape index (κ2) is 9.06. The lowest BCUT2D eigenvalue weighted by atomic mass is 9.95. The summed E-state index contributed by atoms with van der Waals surface area (Å²) >= 11 is 1.41. The van der Waals surface area contributed by atoms with E-state index < -0.39 is 6.03 Å². The molecule has 3 aromatic heterocycles. The SMILES string of the molecule is CCO/N=C/c1ccc(-n2nc(-c3ccc(C)nc3)c3c2-c2sc(NC(N)=O)nc2CC3)cc1. The molecular weight excluding hydrogens is 450 g/mol. The molecule has 4 aromatic rings. The number of nitrogens with zero attached hydrogens (tertiary/aromatic N) is 5. The predicted octanol–water partition coefficient (Wildman–Crippen LogP) is 4.33. The minimum atomic E-state index is -0.629. The van der Waals surface area contributed by atoms with Crippen LogP contribution in [0.3, 0.4) is 0 Å². The number of oxime groups is 1. The lowest BCUT2D eigenvalue weighted by Gasteiger charge is -2.14. The van der Waals surface area contributed by atoms with Crippen molar-refractivity contribution in [2.45, 2.75) is 26.7 Å². The average Bonchev–Trinajstić information content (AvgIpc) is 3.41. The fraction of sp³-hybridized carbons (Fsp3) is 0.208. The fourth-order valence-electron chi connectivity index (χ4n) is 3.93. The van der Waals surface area contributed by atoms with E-state index in [2.05, 4.69) is 20.4 Å². The molecule has 0 saturated carbocycles. The molecule has 34 heavy (non-hydrogen) atoms. The van der Waals surface area contributed by atoms with Crippen LogP contribution in [0.25, 0.3) is 27.5 Å². The summed E-state index contributed by atoms with van der Waals surface area (Å²) in [5.41, 5.74) is 13.0. The van der Waals surface area contributed by atoms with Gasteiger partial charge in [0.1, 0.15) is 6.61 Å². The van der Waals surface area contributed by atoms with Gasteiger partial charge in [-0.1, -0.05) is 28.6 Å². The predicted molar refractivity (Wildman–Crippen MR) is 132 cm³/mol. The molecule has 1 aliphatic carbocycles. The number of hydrogen-bond acceptors (Lipinski definition) is 7. The molecule has 1 aromatic carbocycles. The molecule has 0 unspecified atom stereocenters. The van der Waals surface area contributed by atoms with Crippen molar-refractivity contribution in [3.63, 3.8) is 0 Å². The van der Waals surface area contributed by atoms with Crippen molar-refractivity contribution in [3.05, 3.63) is 65.1 Å². The summed E-state index contributed by atoms with van der Waals surface area (Å²) in [6.07, 6.45) is 5.07. The number of aromatic nitrogens is 4. The summed E-state index contributed by atoms with van der Waals surface area (Å²) in [6, 6.07) is 11.3. The Morgan fingerprint density at radius 2 is 2.09 bits per heavy atom. The fourth-order valence-corrected chi connectivity index (χ4v) is 5.00. The quantitative estimate of drug-likeness (QED) is 0.319. The smallest absolute Gasteiger partial charge is 0.318 e. The zero-order valence-electron chi connectivity index (χ0n) is 18.8. The van der Waals surface area contributed by atoms with Gasteiger partial charge in [0.05, 0.1) is 33.9 Å². The highest BCUT2D eigenvalue weighted by Crippen LogP contribution is 2.44. The van der Waals surface area contributed by atoms with Gasteiger partial charge in [0.25, 0.3) is 0 Å². The monoisotopic (exact) mass is 473 g/mol. The first-order valence-corrected chi connectivity index (χ1v) is 11.7. The van der Waals surface area contributed by atoms with Crippen molar-refractivity contribution in [2.75, 3.05) is 11.9 Å². The van der Waals surface area contributed by atoms with Gasteiger partial charge in [-0.05, 0) is 56.5 Å². The Kier molecular flexibility index (Phi) is 5.81. The maximum atomic E-state index is 11.4. The third-order valence-electron chi connectivity index (χ3n) is 5.47. The number of benzene rings is 1. The Balaban J connectivity index is 1.64. The van der Waals surface area contributed by atoms with Crippen LogP contribution >= 0.6 is 11.3 Å². The van der Waals surface area contributed by atoms with Crippen LogP contribution in [-0.2, 0) is 17.7 Å². The normalized spacial score (nSPS) is 12.4. The summed E-state index contributed by atoms with van der Waals surface area (Å²) < 4.78 is 1.94. The third kappa shape index (κ3) is 4.15. The van der Waals surface area contributed by atoms with E-state index in [9.17, 15) is 4.79 Å². The number of hydrogen-bond donors (Lipinski definition) is 2. The number of nitrogens with one attached hydrogen (secondary N) is 1. The number of pyridine rings is 1. The maximum absolute atomic E-state index is 11.4. The van der Waals surface area contributed by atoms with Gasteiger partial charge in [0.2, 0.25) is 0 Å². The molecule has 10 heteroatoms. The topological polar surface area (TPSA) is 120 Å². The first-order chi connectivity index (χ1) is 16.5. The van der Waals surface area contributed by atoms with E-state index in [1.54, 1.807) is 6.21 Å². The molecule has 3 heterocycles. The average molecular weight is 474 g/mol. The lowest BCUT2D eigenvalue weighted by molar-refractivity contribution is 0.160. The van der Waals surface area contributed by atoms with E-state index in [0.29, 0.717) is 11.7 Å². The Labute approximate surface area is 200 Å². The van der Waals surface area contributed by atoms with Gasteiger partial charge in [-0.2, -0.15) is 5.10 Å². The van der Waals surface area contributed by atoms with Crippen molar-refractivity contribution in [3.8, 4) is 27.5 Å². The molecule has 0 spiro atoms. The van der Waals surface area contributed by atoms with Crippen LogP contribution in [0.15, 0.2) is 47.8 Å². The van der Waals surface area contributed by atoms with E-state index in [1.165, 1.54) is 11.3 Å². The van der Waals surface area contributed by atoms with Gasteiger partial charge < -0.3 is 10.6 Å². The zero-order chi connectivity index (χ0) is 23.7. The number of carbonyl (C=O) groups excluding carboxylic acids is 1. The van der Waals surface area contributed by atoms with E-state index >= 15 is 0 Å². The van der Waals surface area contributed by atoms with Gasteiger partial charge in [-0.15, -0.1) is 0 Å². The van der Waals surface area contributed by atoms with Gasteiger partial charge in [-0.25, -0.2) is 14.5 Å². The molecule has 3 N–H and O–H groups in total.